The molecule has 1 aromatic carbocycles. The summed E-state index contributed by atoms with van der Waals surface area (Å²) in [5.74, 6) is 0.743. The highest BCUT2D eigenvalue weighted by molar-refractivity contribution is 5.81. The molecule has 1 N–H and O–H groups in total. The van der Waals surface area contributed by atoms with Crippen LogP contribution in [0.4, 0.5) is 0 Å². The smallest absolute Gasteiger partial charge is 0.261 e. The minimum absolute atomic E-state index is 0.0560. The molecule has 0 aliphatic heterocycles. The van der Waals surface area contributed by atoms with Crippen LogP contribution in [0, 0.1) is 0 Å². The number of hydrogen-bond acceptors (Lipinski definition) is 2. The lowest BCUT2D eigenvalue weighted by atomic mass is 9.92. The van der Waals surface area contributed by atoms with Crippen molar-refractivity contribution in [3.05, 3.63) is 29.3 Å². The standard InChI is InChI=1S/C18H27NO2/c1-5-18(3,4)19-17(20)13(2)21-16-11-10-14-8-6-7-9-15(14)12-16/h10-13H,5-9H2,1-4H3,(H,19,20)/t13-/m0/s1. The van der Waals surface area contributed by atoms with E-state index in [1.54, 1.807) is 6.92 Å². The van der Waals surface area contributed by atoms with Crippen LogP contribution >= 0.6 is 0 Å². The van der Waals surface area contributed by atoms with Crippen LogP contribution in [0.15, 0.2) is 18.2 Å². The predicted octanol–water partition coefficient (Wildman–Crippen LogP) is 3.64. The number of amides is 1. The van der Waals surface area contributed by atoms with Crippen LogP contribution in [0.1, 0.15) is 58.1 Å². The van der Waals surface area contributed by atoms with Gasteiger partial charge in [-0.1, -0.05) is 13.0 Å². The molecule has 0 radical (unpaired) electrons. The van der Waals surface area contributed by atoms with Crippen molar-refractivity contribution >= 4 is 5.91 Å². The Hall–Kier alpha value is -1.51. The normalized spacial score (nSPS) is 16.0. The highest BCUT2D eigenvalue weighted by Crippen LogP contribution is 2.26. The summed E-state index contributed by atoms with van der Waals surface area (Å²) in [5.41, 5.74) is 2.61. The molecular formula is C18H27NO2. The van der Waals surface area contributed by atoms with Gasteiger partial charge in [0.05, 0.1) is 0 Å². The maximum Gasteiger partial charge on any atom is 0.261 e. The fourth-order valence-electron chi connectivity index (χ4n) is 2.56. The Morgan fingerprint density at radius 2 is 1.95 bits per heavy atom. The van der Waals surface area contributed by atoms with Crippen molar-refractivity contribution in [3.8, 4) is 5.75 Å². The number of nitrogens with one attached hydrogen (secondary N) is 1. The molecule has 1 aromatic rings. The first-order chi connectivity index (χ1) is 9.91. The second kappa shape index (κ2) is 6.50. The van der Waals surface area contributed by atoms with E-state index in [2.05, 4.69) is 24.4 Å². The van der Waals surface area contributed by atoms with Gasteiger partial charge in [0.1, 0.15) is 5.75 Å². The first-order valence-electron chi connectivity index (χ1n) is 8.02. The number of carbonyl (C=O) groups excluding carboxylic acids is 1. The fraction of sp³-hybridized carbons (Fsp3) is 0.611. The van der Waals surface area contributed by atoms with Gasteiger partial charge in [-0.25, -0.2) is 0 Å². The molecule has 1 atom stereocenters. The topological polar surface area (TPSA) is 38.3 Å². The largest absolute Gasteiger partial charge is 0.481 e. The molecule has 0 aromatic heterocycles. The highest BCUT2D eigenvalue weighted by Gasteiger charge is 2.23. The van der Waals surface area contributed by atoms with Crippen LogP contribution in [0.5, 0.6) is 5.75 Å². The van der Waals surface area contributed by atoms with Crippen LogP contribution in [0.3, 0.4) is 0 Å². The predicted molar refractivity (Wildman–Crippen MR) is 85.7 cm³/mol. The van der Waals surface area contributed by atoms with Crippen LogP contribution in [0.25, 0.3) is 0 Å². The second-order valence-electron chi connectivity index (χ2n) is 6.62. The Morgan fingerprint density at radius 1 is 1.29 bits per heavy atom. The van der Waals surface area contributed by atoms with Gasteiger partial charge in [0, 0.05) is 5.54 Å². The molecule has 3 nitrogen and oxygen atoms in total. The molecule has 0 saturated carbocycles. The summed E-state index contributed by atoms with van der Waals surface area (Å²) in [5, 5.41) is 3.02. The van der Waals surface area contributed by atoms with Gasteiger partial charge in [-0.2, -0.15) is 0 Å². The number of ether oxygens (including phenoxy) is 1. The molecule has 0 heterocycles. The summed E-state index contributed by atoms with van der Waals surface area (Å²) in [7, 11) is 0. The summed E-state index contributed by atoms with van der Waals surface area (Å²) in [6.07, 6.45) is 5.23. The molecule has 0 bridgehead atoms. The number of hydrogen-bond donors (Lipinski definition) is 1. The molecule has 0 saturated heterocycles. The number of fused-ring (bicyclic) bond motifs is 1. The van der Waals surface area contributed by atoms with Crippen LogP contribution in [-0.2, 0) is 17.6 Å². The van der Waals surface area contributed by atoms with Crippen LogP contribution in [0.2, 0.25) is 0 Å². The van der Waals surface area contributed by atoms with E-state index >= 15 is 0 Å². The van der Waals surface area contributed by atoms with Gasteiger partial charge in [-0.05, 0) is 76.1 Å². The van der Waals surface area contributed by atoms with Crippen LogP contribution in [-0.4, -0.2) is 17.6 Å². The Morgan fingerprint density at radius 3 is 2.62 bits per heavy atom. The van der Waals surface area contributed by atoms with Gasteiger partial charge in [-0.3, -0.25) is 4.79 Å². The third kappa shape index (κ3) is 4.23. The number of carbonyl (C=O) groups is 1. The van der Waals surface area contributed by atoms with E-state index in [-0.39, 0.29) is 11.4 Å². The fourth-order valence-corrected chi connectivity index (χ4v) is 2.56. The van der Waals surface area contributed by atoms with Gasteiger partial charge < -0.3 is 10.1 Å². The zero-order chi connectivity index (χ0) is 15.5. The maximum atomic E-state index is 12.2. The van der Waals surface area contributed by atoms with Crippen molar-refractivity contribution in [2.75, 3.05) is 0 Å². The molecule has 3 heteroatoms. The average Bonchev–Trinajstić information content (AvgIpc) is 2.46. The lowest BCUT2D eigenvalue weighted by Crippen LogP contribution is -2.48. The number of aryl methyl sites for hydroxylation is 2. The summed E-state index contributed by atoms with van der Waals surface area (Å²) < 4.78 is 5.82. The van der Waals surface area contributed by atoms with Crippen molar-refractivity contribution in [1.82, 2.24) is 5.32 Å². The van der Waals surface area contributed by atoms with Crippen LogP contribution < -0.4 is 10.1 Å². The van der Waals surface area contributed by atoms with Gasteiger partial charge >= 0.3 is 0 Å². The van der Waals surface area contributed by atoms with E-state index in [1.165, 1.54) is 24.0 Å². The Labute approximate surface area is 128 Å². The number of benzene rings is 1. The molecule has 116 valence electrons. The summed E-state index contributed by atoms with van der Waals surface area (Å²) in [6, 6.07) is 6.23. The average molecular weight is 289 g/mol. The zero-order valence-electron chi connectivity index (χ0n) is 13.7. The molecule has 0 unspecified atom stereocenters. The Balaban J connectivity index is 1.99. The van der Waals surface area contributed by atoms with Crippen molar-refractivity contribution in [1.29, 1.82) is 0 Å². The molecule has 21 heavy (non-hydrogen) atoms. The van der Waals surface area contributed by atoms with Crippen molar-refractivity contribution < 1.29 is 9.53 Å². The minimum Gasteiger partial charge on any atom is -0.481 e. The minimum atomic E-state index is -0.475. The Kier molecular flexibility index (Phi) is 4.92. The molecule has 1 aliphatic rings. The number of rotatable bonds is 5. The first-order valence-corrected chi connectivity index (χ1v) is 8.02. The lowest BCUT2D eigenvalue weighted by Gasteiger charge is -2.27. The van der Waals surface area contributed by atoms with E-state index in [0.717, 1.165) is 25.0 Å². The zero-order valence-corrected chi connectivity index (χ0v) is 13.7. The van der Waals surface area contributed by atoms with E-state index in [4.69, 9.17) is 4.74 Å². The van der Waals surface area contributed by atoms with E-state index in [1.807, 2.05) is 19.9 Å². The van der Waals surface area contributed by atoms with Gasteiger partial charge in [0.25, 0.3) is 5.91 Å². The molecule has 1 aliphatic carbocycles. The lowest BCUT2D eigenvalue weighted by molar-refractivity contribution is -0.128. The van der Waals surface area contributed by atoms with E-state index < -0.39 is 6.10 Å². The molecule has 0 spiro atoms. The Bertz CT molecular complexity index is 508. The quantitative estimate of drug-likeness (QED) is 0.898. The van der Waals surface area contributed by atoms with Crippen molar-refractivity contribution in [2.45, 2.75) is 71.4 Å². The van der Waals surface area contributed by atoms with Gasteiger partial charge in [0.15, 0.2) is 6.10 Å². The van der Waals surface area contributed by atoms with Crippen molar-refractivity contribution in [3.63, 3.8) is 0 Å². The molecule has 0 fully saturated rings. The third-order valence-electron chi connectivity index (χ3n) is 4.35. The maximum absolute atomic E-state index is 12.2. The molecule has 1 amide bonds. The van der Waals surface area contributed by atoms with E-state index in [0.29, 0.717) is 0 Å². The molecular weight excluding hydrogens is 262 g/mol. The summed E-state index contributed by atoms with van der Waals surface area (Å²) >= 11 is 0. The summed E-state index contributed by atoms with van der Waals surface area (Å²) in [4.78, 5) is 12.2. The van der Waals surface area contributed by atoms with E-state index in [9.17, 15) is 4.79 Å². The first kappa shape index (κ1) is 15.9. The third-order valence-corrected chi connectivity index (χ3v) is 4.35. The SMILES string of the molecule is CCC(C)(C)NC(=O)[C@H](C)Oc1ccc2c(c1)CCCC2. The van der Waals surface area contributed by atoms with Crippen molar-refractivity contribution in [2.24, 2.45) is 0 Å². The monoisotopic (exact) mass is 289 g/mol. The molecule has 2 rings (SSSR count). The summed E-state index contributed by atoms with van der Waals surface area (Å²) in [6.45, 7) is 7.92. The van der Waals surface area contributed by atoms with Gasteiger partial charge in [0.2, 0.25) is 0 Å². The highest BCUT2D eigenvalue weighted by atomic mass is 16.5. The second-order valence-corrected chi connectivity index (χ2v) is 6.62. The van der Waals surface area contributed by atoms with Gasteiger partial charge in [-0.15, -0.1) is 0 Å².